The summed E-state index contributed by atoms with van der Waals surface area (Å²) in [6.07, 6.45) is 5.50. The fourth-order valence-electron chi connectivity index (χ4n) is 3.81. The van der Waals surface area contributed by atoms with Crippen LogP contribution in [0.3, 0.4) is 0 Å². The molecule has 6 heteroatoms. The number of pyridine rings is 1. The number of carbonyl (C=O) groups is 1. The molecule has 5 nitrogen and oxygen atoms in total. The van der Waals surface area contributed by atoms with Crippen molar-refractivity contribution in [1.29, 1.82) is 0 Å². The first-order valence-corrected chi connectivity index (χ1v) is 8.96. The minimum Gasteiger partial charge on any atom is -0.380 e. The number of fused-ring (bicyclic) bond motifs is 3. The normalized spacial score (nSPS) is 19.5. The van der Waals surface area contributed by atoms with Crippen LogP contribution in [0.5, 0.6) is 0 Å². The molecule has 1 fully saturated rings. The Kier molecular flexibility index (Phi) is 3.54. The van der Waals surface area contributed by atoms with Gasteiger partial charge in [-0.1, -0.05) is 6.42 Å². The molecule has 2 N–H and O–H groups in total. The third kappa shape index (κ3) is 2.40. The quantitative estimate of drug-likeness (QED) is 0.883. The maximum atomic E-state index is 12.7. The molecule has 23 heavy (non-hydrogen) atoms. The molecular weight excluding hydrogens is 310 g/mol. The van der Waals surface area contributed by atoms with Crippen molar-refractivity contribution in [3.05, 3.63) is 22.2 Å². The van der Waals surface area contributed by atoms with E-state index in [1.807, 2.05) is 6.92 Å². The number of nitrogens with zero attached hydrogens (tertiary/aromatic N) is 1. The molecule has 1 aliphatic heterocycles. The molecule has 4 rings (SSSR count). The lowest BCUT2D eigenvalue weighted by molar-refractivity contribution is 0.0881. The summed E-state index contributed by atoms with van der Waals surface area (Å²) in [4.78, 5) is 19.0. The molecule has 0 saturated heterocycles. The number of aromatic nitrogens is 1. The van der Waals surface area contributed by atoms with E-state index in [1.54, 1.807) is 7.11 Å². The number of anilines is 1. The second-order valence-corrected chi connectivity index (χ2v) is 7.56. The zero-order chi connectivity index (χ0) is 16.0. The van der Waals surface area contributed by atoms with Crippen molar-refractivity contribution >= 4 is 33.1 Å². The third-order valence-corrected chi connectivity index (χ3v) is 5.88. The monoisotopic (exact) mass is 331 g/mol. The summed E-state index contributed by atoms with van der Waals surface area (Å²) < 4.78 is 5.36. The fourth-order valence-corrected chi connectivity index (χ4v) is 4.93. The molecule has 1 spiro atoms. The van der Waals surface area contributed by atoms with Crippen LogP contribution in [-0.4, -0.2) is 23.7 Å². The van der Waals surface area contributed by atoms with Crippen LogP contribution in [0.15, 0.2) is 6.07 Å². The molecule has 0 aromatic carbocycles. The lowest BCUT2D eigenvalue weighted by Gasteiger charge is -2.42. The Balaban J connectivity index is 1.89. The van der Waals surface area contributed by atoms with E-state index in [4.69, 9.17) is 4.74 Å². The van der Waals surface area contributed by atoms with E-state index in [-0.39, 0.29) is 11.6 Å². The minimum atomic E-state index is -0.286. The summed E-state index contributed by atoms with van der Waals surface area (Å²) in [5.74, 6) is 0.0321. The summed E-state index contributed by atoms with van der Waals surface area (Å²) in [7, 11) is 1.70. The molecule has 122 valence electrons. The smallest absolute Gasteiger partial charge is 0.265 e. The highest BCUT2D eigenvalue weighted by Crippen LogP contribution is 2.43. The van der Waals surface area contributed by atoms with Crippen molar-refractivity contribution in [3.63, 3.8) is 0 Å². The topological polar surface area (TPSA) is 63.2 Å². The first-order valence-electron chi connectivity index (χ1n) is 8.14. The molecule has 0 unspecified atom stereocenters. The van der Waals surface area contributed by atoms with Gasteiger partial charge in [-0.05, 0) is 44.2 Å². The zero-order valence-electron chi connectivity index (χ0n) is 13.5. The summed E-state index contributed by atoms with van der Waals surface area (Å²) in [6.45, 7) is 2.51. The molecule has 0 radical (unpaired) electrons. The molecule has 1 aliphatic carbocycles. The van der Waals surface area contributed by atoms with E-state index < -0.39 is 0 Å². The molecule has 1 saturated carbocycles. The van der Waals surface area contributed by atoms with Crippen molar-refractivity contribution in [2.75, 3.05) is 12.4 Å². The maximum absolute atomic E-state index is 12.7. The van der Waals surface area contributed by atoms with E-state index in [9.17, 15) is 4.79 Å². The Bertz CT molecular complexity index is 778. The second kappa shape index (κ2) is 5.46. The molecule has 3 heterocycles. The van der Waals surface area contributed by atoms with Crippen LogP contribution in [0.1, 0.15) is 53.0 Å². The Morgan fingerprint density at radius 3 is 2.83 bits per heavy atom. The van der Waals surface area contributed by atoms with E-state index in [2.05, 4.69) is 21.7 Å². The van der Waals surface area contributed by atoms with Crippen LogP contribution in [0.25, 0.3) is 10.2 Å². The van der Waals surface area contributed by atoms with Gasteiger partial charge >= 0.3 is 0 Å². The van der Waals surface area contributed by atoms with Gasteiger partial charge in [0.05, 0.1) is 12.3 Å². The van der Waals surface area contributed by atoms with Gasteiger partial charge in [0.2, 0.25) is 0 Å². The van der Waals surface area contributed by atoms with Crippen LogP contribution >= 0.6 is 11.3 Å². The van der Waals surface area contributed by atoms with Crippen LogP contribution < -0.4 is 10.6 Å². The van der Waals surface area contributed by atoms with Crippen molar-refractivity contribution in [3.8, 4) is 0 Å². The number of carbonyl (C=O) groups excluding carboxylic acids is 1. The predicted molar refractivity (Wildman–Crippen MR) is 92.0 cm³/mol. The van der Waals surface area contributed by atoms with Crippen molar-refractivity contribution in [1.82, 2.24) is 10.3 Å². The SMILES string of the molecule is COCc1cc(C)nc2sc3c(c12)NC1(CCCCC1)NC3=O. The van der Waals surface area contributed by atoms with Gasteiger partial charge in [0, 0.05) is 18.2 Å². The standard InChI is InChI=1S/C17H21N3O2S/c1-10-8-11(9-22-2)12-13-14(23-16(12)18-10)15(21)20-17(19-13)6-4-3-5-7-17/h8,19H,3-7,9H2,1-2H3,(H,20,21). The van der Waals surface area contributed by atoms with Gasteiger partial charge in [0.1, 0.15) is 15.4 Å². The first kappa shape index (κ1) is 14.9. The second-order valence-electron chi connectivity index (χ2n) is 6.56. The Labute approximate surface area is 139 Å². The number of nitrogens with one attached hydrogen (secondary N) is 2. The van der Waals surface area contributed by atoms with Crippen LogP contribution in [0.2, 0.25) is 0 Å². The number of methoxy groups -OCH3 is 1. The Morgan fingerprint density at radius 1 is 1.30 bits per heavy atom. The molecule has 2 aromatic heterocycles. The van der Waals surface area contributed by atoms with E-state index >= 15 is 0 Å². The number of thiophene rings is 1. The molecule has 2 aliphatic rings. The molecule has 0 bridgehead atoms. The van der Waals surface area contributed by atoms with Gasteiger partial charge in [-0.15, -0.1) is 11.3 Å². The largest absolute Gasteiger partial charge is 0.380 e. The number of ether oxygens (including phenoxy) is 1. The molecule has 1 amide bonds. The number of aryl methyl sites for hydroxylation is 1. The summed E-state index contributed by atoms with van der Waals surface area (Å²) in [5.41, 5.74) is 2.72. The minimum absolute atomic E-state index is 0.0321. The fraction of sp³-hybridized carbons (Fsp3) is 0.529. The average molecular weight is 331 g/mol. The summed E-state index contributed by atoms with van der Waals surface area (Å²) in [5, 5.41) is 7.94. The maximum Gasteiger partial charge on any atom is 0.265 e. The zero-order valence-corrected chi connectivity index (χ0v) is 14.3. The van der Waals surface area contributed by atoms with Gasteiger partial charge in [-0.3, -0.25) is 4.79 Å². The highest BCUT2D eigenvalue weighted by Gasteiger charge is 2.40. The van der Waals surface area contributed by atoms with Crippen LogP contribution in [0, 0.1) is 6.92 Å². The number of hydrogen-bond acceptors (Lipinski definition) is 5. The van der Waals surface area contributed by atoms with Gasteiger partial charge in [0.25, 0.3) is 5.91 Å². The summed E-state index contributed by atoms with van der Waals surface area (Å²) in [6, 6.07) is 2.06. The average Bonchev–Trinajstić information content (AvgIpc) is 2.87. The van der Waals surface area contributed by atoms with Gasteiger partial charge in [-0.25, -0.2) is 4.98 Å². The summed E-state index contributed by atoms with van der Waals surface area (Å²) >= 11 is 1.47. The van der Waals surface area contributed by atoms with Crippen LogP contribution in [0.4, 0.5) is 5.69 Å². The highest BCUT2D eigenvalue weighted by atomic mass is 32.1. The number of rotatable bonds is 2. The third-order valence-electron chi connectivity index (χ3n) is 4.80. The lowest BCUT2D eigenvalue weighted by atomic mass is 9.87. The van der Waals surface area contributed by atoms with Gasteiger partial charge in [-0.2, -0.15) is 0 Å². The number of hydrogen-bond donors (Lipinski definition) is 2. The Morgan fingerprint density at radius 2 is 2.09 bits per heavy atom. The van der Waals surface area contributed by atoms with Crippen molar-refractivity contribution in [2.45, 2.75) is 51.3 Å². The predicted octanol–water partition coefficient (Wildman–Crippen LogP) is 3.57. The Hall–Kier alpha value is -1.66. The number of amides is 1. The van der Waals surface area contributed by atoms with E-state index in [1.165, 1.54) is 17.8 Å². The van der Waals surface area contributed by atoms with Gasteiger partial charge in [0.15, 0.2) is 0 Å². The van der Waals surface area contributed by atoms with Crippen molar-refractivity contribution < 1.29 is 9.53 Å². The van der Waals surface area contributed by atoms with Gasteiger partial charge < -0.3 is 15.4 Å². The highest BCUT2D eigenvalue weighted by molar-refractivity contribution is 7.21. The lowest BCUT2D eigenvalue weighted by Crippen LogP contribution is -2.58. The van der Waals surface area contributed by atoms with E-state index in [0.29, 0.717) is 6.61 Å². The first-order chi connectivity index (χ1) is 11.1. The van der Waals surface area contributed by atoms with Crippen LogP contribution in [-0.2, 0) is 11.3 Å². The molecule has 2 aromatic rings. The van der Waals surface area contributed by atoms with Crippen molar-refractivity contribution in [2.24, 2.45) is 0 Å². The van der Waals surface area contributed by atoms with E-state index in [0.717, 1.165) is 57.7 Å². The molecule has 0 atom stereocenters. The molecular formula is C17H21N3O2S.